The Balaban J connectivity index is 2.91. The van der Waals surface area contributed by atoms with Crippen molar-refractivity contribution in [1.82, 2.24) is 4.72 Å². The van der Waals surface area contributed by atoms with Gasteiger partial charge < -0.3 is 0 Å². The van der Waals surface area contributed by atoms with E-state index < -0.39 is 15.9 Å². The summed E-state index contributed by atoms with van der Waals surface area (Å²) in [5.41, 5.74) is -0.0448. The fourth-order valence-corrected chi connectivity index (χ4v) is 4.53. The molecule has 13 heavy (non-hydrogen) atoms. The molecule has 8 heteroatoms. The van der Waals surface area contributed by atoms with Crippen LogP contribution < -0.4 is 4.72 Å². The molecule has 0 unspecified atom stereocenters. The second kappa shape index (κ2) is 2.60. The highest BCUT2D eigenvalue weighted by Crippen LogP contribution is 2.42. The van der Waals surface area contributed by atoms with E-state index in [-0.39, 0.29) is 19.1 Å². The number of sulfonamides is 1. The van der Waals surface area contributed by atoms with Gasteiger partial charge in [-0.05, 0) is 0 Å². The fraction of sp³-hybridized carbons (Fsp3) is 0. The zero-order chi connectivity index (χ0) is 9.80. The molecule has 1 aliphatic rings. The number of carbonyl (C=O) groups excluding carboxylic acids is 1. The van der Waals surface area contributed by atoms with Crippen molar-refractivity contribution in [2.24, 2.45) is 0 Å². The van der Waals surface area contributed by atoms with Crippen LogP contribution in [0, 0.1) is 0 Å². The predicted molar refractivity (Wildman–Crippen MR) is 49.0 cm³/mol. The van der Waals surface area contributed by atoms with E-state index in [9.17, 15) is 13.2 Å². The fourth-order valence-electron chi connectivity index (χ4n) is 1.02. The Morgan fingerprint density at radius 3 is 2.38 bits per heavy atom. The van der Waals surface area contributed by atoms with Crippen molar-refractivity contribution in [1.29, 1.82) is 0 Å². The summed E-state index contributed by atoms with van der Waals surface area (Å²) in [4.78, 5) is 10.9. The van der Waals surface area contributed by atoms with E-state index in [4.69, 9.17) is 23.2 Å². The van der Waals surface area contributed by atoms with Gasteiger partial charge in [-0.3, -0.25) is 4.79 Å². The van der Waals surface area contributed by atoms with Gasteiger partial charge in [0.05, 0.1) is 5.56 Å². The smallest absolute Gasteiger partial charge is 0.268 e. The van der Waals surface area contributed by atoms with E-state index in [0.717, 1.165) is 11.3 Å². The summed E-state index contributed by atoms with van der Waals surface area (Å²) in [6, 6.07) is 0. The first-order valence-electron chi connectivity index (χ1n) is 2.98. The number of halogens is 2. The molecule has 0 bridgehead atoms. The van der Waals surface area contributed by atoms with Gasteiger partial charge in [-0.25, -0.2) is 13.1 Å². The van der Waals surface area contributed by atoms with Crippen LogP contribution in [0.25, 0.3) is 0 Å². The molecule has 0 atom stereocenters. The number of nitrogens with one attached hydrogen (secondary N) is 1. The summed E-state index contributed by atoms with van der Waals surface area (Å²) in [7, 11) is -3.77. The van der Waals surface area contributed by atoms with Crippen LogP contribution in [0.5, 0.6) is 0 Å². The van der Waals surface area contributed by atoms with Gasteiger partial charge in [0.2, 0.25) is 0 Å². The number of hydrogen-bond acceptors (Lipinski definition) is 4. The van der Waals surface area contributed by atoms with E-state index in [1.54, 1.807) is 4.72 Å². The van der Waals surface area contributed by atoms with Gasteiger partial charge in [0.25, 0.3) is 15.9 Å². The molecular formula is C5HCl2NO3S2. The van der Waals surface area contributed by atoms with Crippen LogP contribution in [0.4, 0.5) is 0 Å². The Morgan fingerprint density at radius 1 is 1.23 bits per heavy atom. The SMILES string of the molecule is O=C1NS(=O)(=O)c2c(Cl)sc(Cl)c21. The quantitative estimate of drug-likeness (QED) is 0.766. The molecule has 2 heterocycles. The second-order valence-electron chi connectivity index (χ2n) is 2.29. The largest absolute Gasteiger partial charge is 0.268 e. The van der Waals surface area contributed by atoms with Crippen LogP contribution in [0.15, 0.2) is 4.90 Å². The van der Waals surface area contributed by atoms with Gasteiger partial charge in [-0.2, -0.15) is 0 Å². The van der Waals surface area contributed by atoms with Crippen molar-refractivity contribution < 1.29 is 13.2 Å². The molecule has 70 valence electrons. The number of carbonyl (C=O) groups is 1. The number of amides is 1. The number of rotatable bonds is 0. The van der Waals surface area contributed by atoms with Crippen molar-refractivity contribution in [3.8, 4) is 0 Å². The zero-order valence-corrected chi connectivity index (χ0v) is 8.94. The monoisotopic (exact) mass is 257 g/mol. The zero-order valence-electron chi connectivity index (χ0n) is 5.80. The molecule has 0 aromatic carbocycles. The van der Waals surface area contributed by atoms with Gasteiger partial charge in [0, 0.05) is 0 Å². The minimum absolute atomic E-state index is 0.0124. The molecule has 0 radical (unpaired) electrons. The summed E-state index contributed by atoms with van der Waals surface area (Å²) in [6.07, 6.45) is 0. The molecule has 1 aliphatic heterocycles. The first-order valence-corrected chi connectivity index (χ1v) is 6.04. The summed E-state index contributed by atoms with van der Waals surface area (Å²) in [5, 5.41) is 0. The highest BCUT2D eigenvalue weighted by atomic mass is 35.5. The lowest BCUT2D eigenvalue weighted by atomic mass is 10.3. The van der Waals surface area contributed by atoms with Gasteiger partial charge in [-0.15, -0.1) is 11.3 Å². The summed E-state index contributed by atoms with van der Waals surface area (Å²) < 4.78 is 24.4. The third-order valence-electron chi connectivity index (χ3n) is 1.50. The summed E-state index contributed by atoms with van der Waals surface area (Å²) in [5.74, 6) is -0.719. The molecule has 1 amide bonds. The van der Waals surface area contributed by atoms with Crippen LogP contribution in [0.2, 0.25) is 8.67 Å². The normalized spacial score (nSPS) is 18.5. The lowest BCUT2D eigenvalue weighted by Gasteiger charge is -1.92. The Labute approximate surface area is 87.5 Å². The maximum atomic E-state index is 11.2. The van der Waals surface area contributed by atoms with Crippen molar-refractivity contribution in [2.45, 2.75) is 4.90 Å². The molecule has 0 saturated heterocycles. The maximum absolute atomic E-state index is 11.2. The van der Waals surface area contributed by atoms with E-state index >= 15 is 0 Å². The van der Waals surface area contributed by atoms with Crippen molar-refractivity contribution >= 4 is 50.5 Å². The van der Waals surface area contributed by atoms with Gasteiger partial charge in [0.15, 0.2) is 0 Å². The van der Waals surface area contributed by atoms with Gasteiger partial charge in [0.1, 0.15) is 13.6 Å². The minimum Gasteiger partial charge on any atom is -0.268 e. The molecule has 0 aliphatic carbocycles. The second-order valence-corrected chi connectivity index (χ2v) is 6.13. The minimum atomic E-state index is -3.77. The summed E-state index contributed by atoms with van der Waals surface area (Å²) >= 11 is 12.1. The molecule has 2 rings (SSSR count). The van der Waals surface area contributed by atoms with E-state index in [1.807, 2.05) is 0 Å². The molecular weight excluding hydrogens is 257 g/mol. The number of thiophene rings is 1. The van der Waals surface area contributed by atoms with Crippen LogP contribution in [-0.4, -0.2) is 14.3 Å². The average Bonchev–Trinajstić information content (AvgIpc) is 2.35. The summed E-state index contributed by atoms with van der Waals surface area (Å²) in [6.45, 7) is 0. The third kappa shape index (κ3) is 1.17. The highest BCUT2D eigenvalue weighted by molar-refractivity contribution is 7.91. The molecule has 4 nitrogen and oxygen atoms in total. The molecule has 0 saturated carbocycles. The topological polar surface area (TPSA) is 63.2 Å². The van der Waals surface area contributed by atoms with Gasteiger partial charge >= 0.3 is 0 Å². The molecule has 1 aromatic rings. The maximum Gasteiger partial charge on any atom is 0.268 e. The van der Waals surface area contributed by atoms with Crippen molar-refractivity contribution in [2.75, 3.05) is 0 Å². The first-order chi connectivity index (χ1) is 5.93. The van der Waals surface area contributed by atoms with Crippen LogP contribution in [0.1, 0.15) is 10.4 Å². The average molecular weight is 258 g/mol. The van der Waals surface area contributed by atoms with Gasteiger partial charge in [-0.1, -0.05) is 23.2 Å². The molecule has 0 fully saturated rings. The predicted octanol–water partition coefficient (Wildman–Crippen LogP) is 1.49. The van der Waals surface area contributed by atoms with Crippen LogP contribution in [0.3, 0.4) is 0 Å². The Hall–Kier alpha value is -0.300. The Bertz CT molecular complexity index is 504. The lowest BCUT2D eigenvalue weighted by Crippen LogP contribution is -2.21. The highest BCUT2D eigenvalue weighted by Gasteiger charge is 2.39. The lowest BCUT2D eigenvalue weighted by molar-refractivity contribution is 0.0985. The Morgan fingerprint density at radius 2 is 1.85 bits per heavy atom. The standard InChI is InChI=1S/C5HCl2NO3S2/c6-3-1-2(4(7)12-3)13(10,11)8-5(1)9/h(H,8,9). The molecule has 0 spiro atoms. The van der Waals surface area contributed by atoms with Crippen LogP contribution in [-0.2, 0) is 10.0 Å². The van der Waals surface area contributed by atoms with E-state index in [1.165, 1.54) is 0 Å². The third-order valence-corrected chi connectivity index (χ3v) is 4.75. The van der Waals surface area contributed by atoms with E-state index in [0.29, 0.717) is 0 Å². The number of hydrogen-bond donors (Lipinski definition) is 1. The molecule has 1 aromatic heterocycles. The van der Waals surface area contributed by atoms with Crippen molar-refractivity contribution in [3.63, 3.8) is 0 Å². The first kappa shape index (κ1) is 9.26. The molecule has 1 N–H and O–H groups in total. The van der Waals surface area contributed by atoms with Crippen molar-refractivity contribution in [3.05, 3.63) is 14.2 Å². The number of fused-ring (bicyclic) bond motifs is 1. The van der Waals surface area contributed by atoms with Crippen LogP contribution >= 0.6 is 34.5 Å². The Kier molecular flexibility index (Phi) is 1.85. The van der Waals surface area contributed by atoms with E-state index in [2.05, 4.69) is 0 Å².